The molecule has 0 radical (unpaired) electrons. The Labute approximate surface area is 125 Å². The van der Waals surface area contributed by atoms with Crippen LogP contribution in [0.2, 0.25) is 0 Å². The summed E-state index contributed by atoms with van der Waals surface area (Å²) in [6.07, 6.45) is 1.01. The van der Waals surface area contributed by atoms with Gasteiger partial charge in [-0.25, -0.2) is 8.42 Å². The Hall–Kier alpha value is -2.01. The Balaban J connectivity index is 2.17. The minimum Gasteiger partial charge on any atom is -0.296 e. The number of nitrogens with zero attached hydrogens (tertiary/aromatic N) is 4. The third-order valence-electron chi connectivity index (χ3n) is 2.65. The number of sulfonamides is 1. The van der Waals surface area contributed by atoms with Gasteiger partial charge in [-0.1, -0.05) is 11.3 Å². The molecule has 0 saturated carbocycles. The molecule has 0 aliphatic heterocycles. The van der Waals surface area contributed by atoms with Gasteiger partial charge in [-0.2, -0.15) is 5.10 Å². The van der Waals surface area contributed by atoms with E-state index in [4.69, 9.17) is 0 Å². The first-order chi connectivity index (χ1) is 9.67. The van der Waals surface area contributed by atoms with Gasteiger partial charge in [0, 0.05) is 12.7 Å². The first kappa shape index (κ1) is 15.4. The van der Waals surface area contributed by atoms with Gasteiger partial charge in [0.25, 0.3) is 5.91 Å². The van der Waals surface area contributed by atoms with Crippen molar-refractivity contribution in [2.45, 2.75) is 13.8 Å². The summed E-state index contributed by atoms with van der Waals surface area (Å²) in [7, 11) is -1.67. The average molecular weight is 330 g/mol. The van der Waals surface area contributed by atoms with Gasteiger partial charge in [0.05, 0.1) is 17.5 Å². The fourth-order valence-corrected chi connectivity index (χ4v) is 3.20. The van der Waals surface area contributed by atoms with Crippen LogP contribution in [-0.4, -0.2) is 40.6 Å². The van der Waals surface area contributed by atoms with E-state index in [1.807, 2.05) is 0 Å². The summed E-state index contributed by atoms with van der Waals surface area (Å²) in [5.74, 6) is -0.361. The van der Waals surface area contributed by atoms with Crippen molar-refractivity contribution in [3.8, 4) is 0 Å². The van der Waals surface area contributed by atoms with Crippen molar-refractivity contribution >= 4 is 37.5 Å². The van der Waals surface area contributed by atoms with Crippen molar-refractivity contribution in [2.24, 2.45) is 7.05 Å². The van der Waals surface area contributed by atoms with Crippen molar-refractivity contribution in [2.75, 3.05) is 16.3 Å². The molecule has 21 heavy (non-hydrogen) atoms. The molecule has 2 N–H and O–H groups in total. The van der Waals surface area contributed by atoms with Gasteiger partial charge in [0.15, 0.2) is 0 Å². The van der Waals surface area contributed by atoms with Crippen LogP contribution in [0, 0.1) is 13.8 Å². The molecule has 2 aromatic rings. The zero-order chi connectivity index (χ0) is 15.8. The Morgan fingerprint density at radius 3 is 2.38 bits per heavy atom. The predicted octanol–water partition coefficient (Wildman–Crippen LogP) is 0.512. The number of amides is 1. The fraction of sp³-hybridized carbons (Fsp3) is 0.400. The number of aromatic nitrogens is 4. The summed E-state index contributed by atoms with van der Waals surface area (Å²) in [6, 6.07) is 0. The van der Waals surface area contributed by atoms with Gasteiger partial charge < -0.3 is 0 Å². The minimum absolute atomic E-state index is 0.0902. The summed E-state index contributed by atoms with van der Waals surface area (Å²) in [5, 5.41) is 14.4. The molecule has 2 rings (SSSR count). The second-order valence-electron chi connectivity index (χ2n) is 4.41. The predicted molar refractivity (Wildman–Crippen MR) is 79.0 cm³/mol. The third kappa shape index (κ3) is 3.55. The Morgan fingerprint density at radius 2 is 1.86 bits per heavy atom. The molecule has 0 aliphatic rings. The number of aryl methyl sites for hydroxylation is 2. The highest BCUT2D eigenvalue weighted by molar-refractivity contribution is 7.92. The smallest absolute Gasteiger partial charge is 0.261 e. The van der Waals surface area contributed by atoms with E-state index in [0.29, 0.717) is 11.3 Å². The number of nitrogens with one attached hydrogen (secondary N) is 2. The third-order valence-corrected chi connectivity index (χ3v) is 4.10. The quantitative estimate of drug-likeness (QED) is 0.843. The molecule has 0 saturated heterocycles. The van der Waals surface area contributed by atoms with Crippen LogP contribution in [0.1, 0.15) is 21.7 Å². The highest BCUT2D eigenvalue weighted by Crippen LogP contribution is 2.22. The zero-order valence-corrected chi connectivity index (χ0v) is 13.5. The van der Waals surface area contributed by atoms with Crippen LogP contribution in [-0.2, 0) is 17.1 Å². The normalized spacial score (nSPS) is 11.4. The number of carbonyl (C=O) groups is 1. The van der Waals surface area contributed by atoms with Crippen molar-refractivity contribution in [3.05, 3.63) is 17.0 Å². The molecule has 0 fully saturated rings. The first-order valence-electron chi connectivity index (χ1n) is 5.80. The van der Waals surface area contributed by atoms with Crippen LogP contribution >= 0.6 is 11.3 Å². The average Bonchev–Trinajstić information content (AvgIpc) is 2.83. The highest BCUT2D eigenvalue weighted by atomic mass is 32.2. The largest absolute Gasteiger partial charge is 0.296 e. The maximum absolute atomic E-state index is 12.2. The van der Waals surface area contributed by atoms with Gasteiger partial charge in [-0.15, -0.1) is 10.2 Å². The summed E-state index contributed by atoms with van der Waals surface area (Å²) in [4.78, 5) is 12.2. The topological polar surface area (TPSA) is 119 Å². The fourth-order valence-electron chi connectivity index (χ4n) is 1.74. The van der Waals surface area contributed by atoms with Gasteiger partial charge in [0.2, 0.25) is 20.3 Å². The maximum Gasteiger partial charge on any atom is 0.261 e. The molecule has 2 heterocycles. The van der Waals surface area contributed by atoms with Crippen LogP contribution in [0.25, 0.3) is 0 Å². The highest BCUT2D eigenvalue weighted by Gasteiger charge is 2.19. The van der Waals surface area contributed by atoms with E-state index in [1.165, 1.54) is 0 Å². The van der Waals surface area contributed by atoms with Gasteiger partial charge >= 0.3 is 0 Å². The molecular formula is C10H14N6O3S2. The molecule has 0 aromatic carbocycles. The van der Waals surface area contributed by atoms with E-state index in [0.717, 1.165) is 23.3 Å². The van der Waals surface area contributed by atoms with Crippen LogP contribution in [0.15, 0.2) is 0 Å². The molecule has 9 nitrogen and oxygen atoms in total. The first-order valence-corrected chi connectivity index (χ1v) is 8.51. The van der Waals surface area contributed by atoms with E-state index < -0.39 is 10.0 Å². The number of rotatable bonds is 4. The van der Waals surface area contributed by atoms with Crippen LogP contribution < -0.4 is 10.0 Å². The lowest BCUT2D eigenvalue weighted by Crippen LogP contribution is -2.13. The minimum atomic E-state index is -3.42. The molecule has 0 aliphatic carbocycles. The molecular weight excluding hydrogens is 316 g/mol. The summed E-state index contributed by atoms with van der Waals surface area (Å²) in [6.45, 7) is 3.52. The molecule has 11 heteroatoms. The molecule has 0 unspecified atom stereocenters. The summed E-state index contributed by atoms with van der Waals surface area (Å²) >= 11 is 0.930. The molecule has 0 atom stereocenters. The maximum atomic E-state index is 12.2. The van der Waals surface area contributed by atoms with Crippen molar-refractivity contribution in [3.63, 3.8) is 0 Å². The number of carbonyl (C=O) groups excluding carboxylic acids is 1. The van der Waals surface area contributed by atoms with E-state index in [-0.39, 0.29) is 16.2 Å². The number of hydrogen-bond donors (Lipinski definition) is 2. The molecule has 0 bridgehead atoms. The second-order valence-corrected chi connectivity index (χ2v) is 7.14. The monoisotopic (exact) mass is 330 g/mol. The lowest BCUT2D eigenvalue weighted by Gasteiger charge is -2.01. The van der Waals surface area contributed by atoms with Crippen molar-refractivity contribution in [1.82, 2.24) is 20.0 Å². The molecule has 1 amide bonds. The van der Waals surface area contributed by atoms with Gasteiger partial charge in [-0.3, -0.25) is 19.5 Å². The summed E-state index contributed by atoms with van der Waals surface area (Å²) in [5.41, 5.74) is 1.79. The van der Waals surface area contributed by atoms with E-state index in [2.05, 4.69) is 25.3 Å². The second kappa shape index (κ2) is 5.41. The SMILES string of the molecule is Cc1nn(C)c(C)c1C(=O)Nc1nnc(NS(C)(=O)=O)s1. The molecule has 114 valence electrons. The van der Waals surface area contributed by atoms with Crippen molar-refractivity contribution < 1.29 is 13.2 Å². The van der Waals surface area contributed by atoms with Gasteiger partial charge in [0.1, 0.15) is 0 Å². The van der Waals surface area contributed by atoms with Crippen molar-refractivity contribution in [1.29, 1.82) is 0 Å². The number of anilines is 2. The van der Waals surface area contributed by atoms with Gasteiger partial charge in [-0.05, 0) is 13.8 Å². The van der Waals surface area contributed by atoms with E-state index >= 15 is 0 Å². The Kier molecular flexibility index (Phi) is 3.96. The molecule has 0 spiro atoms. The lowest BCUT2D eigenvalue weighted by atomic mass is 10.2. The lowest BCUT2D eigenvalue weighted by molar-refractivity contribution is 0.102. The zero-order valence-electron chi connectivity index (χ0n) is 11.8. The summed E-state index contributed by atoms with van der Waals surface area (Å²) < 4.78 is 26.0. The van der Waals surface area contributed by atoms with Crippen LogP contribution in [0.3, 0.4) is 0 Å². The molecule has 2 aromatic heterocycles. The van der Waals surface area contributed by atoms with Crippen LogP contribution in [0.5, 0.6) is 0 Å². The van der Waals surface area contributed by atoms with Crippen LogP contribution in [0.4, 0.5) is 10.3 Å². The Morgan fingerprint density at radius 1 is 1.24 bits per heavy atom. The number of hydrogen-bond acceptors (Lipinski definition) is 7. The Bertz CT molecular complexity index is 792. The van der Waals surface area contributed by atoms with E-state index in [9.17, 15) is 13.2 Å². The van der Waals surface area contributed by atoms with E-state index in [1.54, 1.807) is 25.6 Å². The standard InChI is InChI=1S/C10H14N6O3S2/c1-5-7(6(2)16(3)14-5)8(17)11-9-12-13-10(20-9)15-21(4,18)19/h1-4H3,(H,13,15)(H,11,12,17).